The van der Waals surface area contributed by atoms with E-state index in [1.54, 1.807) is 7.05 Å². The third kappa shape index (κ3) is 1.77. The highest BCUT2D eigenvalue weighted by molar-refractivity contribution is 9.10. The topological polar surface area (TPSA) is 37.8 Å². The average Bonchev–Trinajstić information content (AvgIpc) is 2.47. The maximum absolute atomic E-state index is 11.6. The molecular formula is C11H11BrN2O. The van der Waals surface area contributed by atoms with Gasteiger partial charge < -0.3 is 0 Å². The molecule has 1 aromatic carbocycles. The monoisotopic (exact) mass is 266 g/mol. The maximum Gasteiger partial charge on any atom is 0.269 e. The van der Waals surface area contributed by atoms with Crippen molar-refractivity contribution in [3.8, 4) is 11.3 Å². The van der Waals surface area contributed by atoms with Crippen LogP contribution >= 0.6 is 15.9 Å². The molecule has 2 aromatic rings. The third-order valence-corrected chi connectivity index (χ3v) is 2.94. The van der Waals surface area contributed by atoms with Gasteiger partial charge >= 0.3 is 0 Å². The van der Waals surface area contributed by atoms with Crippen LogP contribution in [0.3, 0.4) is 0 Å². The summed E-state index contributed by atoms with van der Waals surface area (Å²) in [6, 6.07) is 7.87. The van der Waals surface area contributed by atoms with E-state index in [2.05, 4.69) is 21.0 Å². The molecule has 1 aromatic heterocycles. The molecule has 0 aliphatic heterocycles. The first-order valence-corrected chi connectivity index (χ1v) is 5.40. The smallest absolute Gasteiger partial charge is 0.269 e. The van der Waals surface area contributed by atoms with E-state index in [4.69, 9.17) is 0 Å². The van der Waals surface area contributed by atoms with Crippen LogP contribution in [0.25, 0.3) is 11.3 Å². The number of hydrogen-bond donors (Lipinski definition) is 1. The Morgan fingerprint density at radius 3 is 2.33 bits per heavy atom. The zero-order valence-electron chi connectivity index (χ0n) is 8.54. The fourth-order valence-corrected chi connectivity index (χ4v) is 1.82. The molecule has 0 radical (unpaired) electrons. The van der Waals surface area contributed by atoms with Gasteiger partial charge in [0, 0.05) is 17.1 Å². The van der Waals surface area contributed by atoms with E-state index in [9.17, 15) is 4.79 Å². The minimum absolute atomic E-state index is 0.0212. The first-order valence-electron chi connectivity index (χ1n) is 4.61. The van der Waals surface area contributed by atoms with Crippen molar-refractivity contribution in [2.24, 2.45) is 7.05 Å². The second-order valence-corrected chi connectivity index (χ2v) is 4.40. The van der Waals surface area contributed by atoms with Gasteiger partial charge in [0.25, 0.3) is 5.56 Å². The zero-order chi connectivity index (χ0) is 11.0. The largest absolute Gasteiger partial charge is 0.295 e. The molecular weight excluding hydrogens is 256 g/mol. The van der Waals surface area contributed by atoms with E-state index in [0.29, 0.717) is 0 Å². The molecule has 0 saturated carbocycles. The van der Waals surface area contributed by atoms with Crippen LogP contribution in [0, 0.1) is 6.92 Å². The van der Waals surface area contributed by atoms with Crippen molar-refractivity contribution in [1.29, 1.82) is 0 Å². The number of hydrogen-bond acceptors (Lipinski definition) is 1. The lowest BCUT2D eigenvalue weighted by Gasteiger charge is -1.99. The highest BCUT2D eigenvalue weighted by Crippen LogP contribution is 2.21. The lowest BCUT2D eigenvalue weighted by molar-refractivity contribution is 0.741. The normalized spacial score (nSPS) is 10.6. The Labute approximate surface area is 95.9 Å². The fourth-order valence-electron chi connectivity index (χ4n) is 1.56. The standard InChI is InChI=1S/C11H11BrN2O/c1-7-10(13-14(2)11(7)15)8-3-5-9(12)6-4-8/h3-6,13H,1-2H3. The number of aromatic nitrogens is 2. The molecule has 4 heteroatoms. The number of H-pyrrole nitrogens is 1. The highest BCUT2D eigenvalue weighted by atomic mass is 79.9. The highest BCUT2D eigenvalue weighted by Gasteiger charge is 2.08. The fraction of sp³-hybridized carbons (Fsp3) is 0.182. The van der Waals surface area contributed by atoms with Crippen LogP contribution in [0.5, 0.6) is 0 Å². The summed E-state index contributed by atoms with van der Waals surface area (Å²) < 4.78 is 2.52. The van der Waals surface area contributed by atoms with E-state index >= 15 is 0 Å². The van der Waals surface area contributed by atoms with Crippen molar-refractivity contribution in [2.75, 3.05) is 0 Å². The molecule has 0 spiro atoms. The van der Waals surface area contributed by atoms with Crippen LogP contribution in [-0.4, -0.2) is 9.78 Å². The number of nitrogens with zero attached hydrogens (tertiary/aromatic N) is 1. The van der Waals surface area contributed by atoms with E-state index in [1.165, 1.54) is 4.68 Å². The lowest BCUT2D eigenvalue weighted by Crippen LogP contribution is -2.12. The maximum atomic E-state index is 11.6. The van der Waals surface area contributed by atoms with Crippen LogP contribution in [-0.2, 0) is 7.05 Å². The molecule has 0 aliphatic rings. The van der Waals surface area contributed by atoms with Gasteiger partial charge in [0.05, 0.1) is 5.69 Å². The number of aryl methyl sites for hydroxylation is 1. The minimum Gasteiger partial charge on any atom is -0.295 e. The molecule has 15 heavy (non-hydrogen) atoms. The Hall–Kier alpha value is -1.29. The van der Waals surface area contributed by atoms with Crippen molar-refractivity contribution in [3.05, 3.63) is 44.7 Å². The number of benzene rings is 1. The predicted octanol–water partition coefficient (Wildman–Crippen LogP) is 2.45. The van der Waals surface area contributed by atoms with E-state index in [0.717, 1.165) is 21.3 Å². The first kappa shape index (κ1) is 10.2. The summed E-state index contributed by atoms with van der Waals surface area (Å²) in [6.07, 6.45) is 0. The van der Waals surface area contributed by atoms with Gasteiger partial charge in [0.2, 0.25) is 0 Å². The Morgan fingerprint density at radius 1 is 1.27 bits per heavy atom. The quantitative estimate of drug-likeness (QED) is 0.846. The van der Waals surface area contributed by atoms with Gasteiger partial charge in [0.1, 0.15) is 0 Å². The summed E-state index contributed by atoms with van der Waals surface area (Å²) in [5, 5.41) is 3.04. The number of rotatable bonds is 1. The van der Waals surface area contributed by atoms with Gasteiger partial charge in [-0.1, -0.05) is 28.1 Å². The Kier molecular flexibility index (Phi) is 2.52. The SMILES string of the molecule is Cc1c(-c2ccc(Br)cc2)[nH]n(C)c1=O. The second kappa shape index (κ2) is 3.70. The first-order chi connectivity index (χ1) is 7.09. The molecule has 0 aliphatic carbocycles. The summed E-state index contributed by atoms with van der Waals surface area (Å²) in [5.74, 6) is 0. The van der Waals surface area contributed by atoms with Gasteiger partial charge in [-0.2, -0.15) is 0 Å². The zero-order valence-corrected chi connectivity index (χ0v) is 10.1. The van der Waals surface area contributed by atoms with Gasteiger partial charge in [-0.25, -0.2) is 0 Å². The Morgan fingerprint density at radius 2 is 1.87 bits per heavy atom. The van der Waals surface area contributed by atoms with Crippen molar-refractivity contribution in [3.63, 3.8) is 0 Å². The van der Waals surface area contributed by atoms with Crippen molar-refractivity contribution in [1.82, 2.24) is 9.78 Å². The third-order valence-electron chi connectivity index (χ3n) is 2.41. The van der Waals surface area contributed by atoms with E-state index in [-0.39, 0.29) is 5.56 Å². The summed E-state index contributed by atoms with van der Waals surface area (Å²) >= 11 is 3.38. The molecule has 0 unspecified atom stereocenters. The van der Waals surface area contributed by atoms with Crippen molar-refractivity contribution in [2.45, 2.75) is 6.92 Å². The van der Waals surface area contributed by atoms with E-state index < -0.39 is 0 Å². The van der Waals surface area contributed by atoms with Crippen molar-refractivity contribution < 1.29 is 0 Å². The molecule has 2 rings (SSSR count). The summed E-state index contributed by atoms with van der Waals surface area (Å²) in [4.78, 5) is 11.6. The van der Waals surface area contributed by atoms with Gasteiger partial charge in [-0.3, -0.25) is 14.6 Å². The molecule has 1 heterocycles. The van der Waals surface area contributed by atoms with Crippen molar-refractivity contribution >= 4 is 15.9 Å². The molecule has 0 amide bonds. The van der Waals surface area contributed by atoms with Gasteiger partial charge in [-0.05, 0) is 24.6 Å². The second-order valence-electron chi connectivity index (χ2n) is 3.48. The lowest BCUT2D eigenvalue weighted by atomic mass is 10.1. The summed E-state index contributed by atoms with van der Waals surface area (Å²) in [6.45, 7) is 1.83. The van der Waals surface area contributed by atoms with Crippen LogP contribution in [0.15, 0.2) is 33.5 Å². The molecule has 0 saturated heterocycles. The predicted molar refractivity (Wildman–Crippen MR) is 63.9 cm³/mol. The number of halogens is 1. The number of aromatic amines is 1. The molecule has 0 fully saturated rings. The van der Waals surface area contributed by atoms with Crippen LogP contribution in [0.4, 0.5) is 0 Å². The Balaban J connectivity index is 2.59. The van der Waals surface area contributed by atoms with Crippen LogP contribution in [0.1, 0.15) is 5.56 Å². The summed E-state index contributed by atoms with van der Waals surface area (Å²) in [7, 11) is 1.72. The van der Waals surface area contributed by atoms with Gasteiger partial charge in [0.15, 0.2) is 0 Å². The summed E-state index contributed by atoms with van der Waals surface area (Å²) in [5.41, 5.74) is 2.68. The Bertz CT molecular complexity index is 537. The molecule has 0 bridgehead atoms. The molecule has 3 nitrogen and oxygen atoms in total. The van der Waals surface area contributed by atoms with Crippen LogP contribution in [0.2, 0.25) is 0 Å². The molecule has 0 atom stereocenters. The van der Waals surface area contributed by atoms with Crippen LogP contribution < -0.4 is 5.56 Å². The minimum atomic E-state index is 0.0212. The van der Waals surface area contributed by atoms with E-state index in [1.807, 2.05) is 31.2 Å². The van der Waals surface area contributed by atoms with Gasteiger partial charge in [-0.15, -0.1) is 0 Å². The molecule has 78 valence electrons. The molecule has 1 N–H and O–H groups in total. The average molecular weight is 267 g/mol. The number of nitrogens with one attached hydrogen (secondary N) is 1.